The Kier molecular flexibility index (Phi) is 4.30. The molecule has 1 N–H and O–H groups in total. The third kappa shape index (κ3) is 2.95. The van der Waals surface area contributed by atoms with Crippen molar-refractivity contribution in [2.75, 3.05) is 31.7 Å². The highest BCUT2D eigenvalue weighted by Gasteiger charge is 2.53. The number of aromatic nitrogens is 4. The summed E-state index contributed by atoms with van der Waals surface area (Å²) in [6.07, 6.45) is 12.1. The quantitative estimate of drug-likeness (QED) is 0.687. The van der Waals surface area contributed by atoms with Crippen molar-refractivity contribution in [3.63, 3.8) is 0 Å². The van der Waals surface area contributed by atoms with E-state index in [2.05, 4.69) is 49.5 Å². The Hall–Kier alpha value is -2.89. The zero-order valence-electron chi connectivity index (χ0n) is 17.7. The van der Waals surface area contributed by atoms with Crippen molar-refractivity contribution in [1.29, 1.82) is 5.26 Å². The average Bonchev–Trinajstić information content (AvgIpc) is 3.48. The molecule has 0 aromatic carbocycles. The monoisotopic (exact) mass is 417 g/mol. The second-order valence-electron chi connectivity index (χ2n) is 9.39. The first kappa shape index (κ1) is 18.8. The number of nitrogens with zero attached hydrogens (tertiary/aromatic N) is 6. The fourth-order valence-electron chi connectivity index (χ4n) is 6.13. The van der Waals surface area contributed by atoms with Gasteiger partial charge in [-0.25, -0.2) is 4.52 Å². The van der Waals surface area contributed by atoms with Crippen molar-refractivity contribution < 1.29 is 4.74 Å². The number of rotatable bonds is 5. The van der Waals surface area contributed by atoms with E-state index >= 15 is 0 Å². The summed E-state index contributed by atoms with van der Waals surface area (Å²) in [4.78, 5) is 5.27. The lowest BCUT2D eigenvalue weighted by Gasteiger charge is -2.53. The number of ether oxygens (including phenoxy) is 1. The number of nitrogens with one attached hydrogen (secondary N) is 1. The largest absolute Gasteiger partial charge is 0.383 e. The minimum Gasteiger partial charge on any atom is -0.383 e. The summed E-state index contributed by atoms with van der Waals surface area (Å²) in [5.41, 5.74) is 4.31. The first-order valence-corrected chi connectivity index (χ1v) is 11.1. The molecule has 31 heavy (non-hydrogen) atoms. The summed E-state index contributed by atoms with van der Waals surface area (Å²) in [5, 5.41) is 21.1. The number of piperazine rings is 1. The van der Waals surface area contributed by atoms with Crippen LogP contribution < -0.4 is 4.90 Å². The van der Waals surface area contributed by atoms with Gasteiger partial charge < -0.3 is 9.64 Å². The molecule has 3 fully saturated rings. The Morgan fingerprint density at radius 2 is 2.03 bits per heavy atom. The van der Waals surface area contributed by atoms with Crippen LogP contribution in [0.1, 0.15) is 25.7 Å². The fraction of sp³-hybridized carbons (Fsp3) is 0.522. The number of anilines is 1. The molecule has 160 valence electrons. The van der Waals surface area contributed by atoms with E-state index in [-0.39, 0.29) is 5.41 Å². The lowest BCUT2D eigenvalue weighted by molar-refractivity contribution is -0.0365. The molecular formula is C23H27N7O. The van der Waals surface area contributed by atoms with E-state index in [4.69, 9.17) is 4.74 Å². The first-order valence-electron chi connectivity index (χ1n) is 11.1. The van der Waals surface area contributed by atoms with Gasteiger partial charge in [0.25, 0.3) is 0 Å². The van der Waals surface area contributed by atoms with E-state index in [1.165, 1.54) is 18.5 Å². The van der Waals surface area contributed by atoms with Gasteiger partial charge in [-0.1, -0.05) is 0 Å². The number of fused-ring (bicyclic) bond motifs is 3. The third-order valence-electron chi connectivity index (χ3n) is 7.53. The molecule has 3 aromatic heterocycles. The van der Waals surface area contributed by atoms with Crippen LogP contribution in [0.25, 0.3) is 16.6 Å². The Morgan fingerprint density at radius 3 is 2.71 bits per heavy atom. The maximum Gasteiger partial charge on any atom is 0.0886 e. The van der Waals surface area contributed by atoms with E-state index in [1.54, 1.807) is 7.11 Å². The van der Waals surface area contributed by atoms with Crippen LogP contribution in [0.3, 0.4) is 0 Å². The molecule has 8 heteroatoms. The van der Waals surface area contributed by atoms with Crippen molar-refractivity contribution in [2.45, 2.75) is 43.8 Å². The maximum atomic E-state index is 9.62. The molecule has 1 saturated carbocycles. The second kappa shape index (κ2) is 7.08. The molecule has 6 rings (SSSR count). The Labute approximate surface area is 181 Å². The smallest absolute Gasteiger partial charge is 0.0886 e. The standard InChI is InChI=1S/C23H27N7O/c1-31-15-23(14-24)7-20(8-23)30-18-2-3-19(30)13-28(12-18)21-4-5-27-29-11-16(6-22(21)29)17-9-25-26-10-17/h4-6,9-11,18-20H,2-3,7-8,12-13,15H2,1H3,(H,25,26). The van der Waals surface area contributed by atoms with Gasteiger partial charge in [0.05, 0.1) is 35.5 Å². The minimum atomic E-state index is -0.275. The summed E-state index contributed by atoms with van der Waals surface area (Å²) in [7, 11) is 1.70. The highest BCUT2D eigenvalue weighted by atomic mass is 16.5. The second-order valence-corrected chi connectivity index (χ2v) is 9.39. The van der Waals surface area contributed by atoms with E-state index in [9.17, 15) is 5.26 Å². The van der Waals surface area contributed by atoms with E-state index in [0.29, 0.717) is 24.7 Å². The number of nitriles is 1. The van der Waals surface area contributed by atoms with E-state index < -0.39 is 0 Å². The van der Waals surface area contributed by atoms with Gasteiger partial charge in [-0.15, -0.1) is 0 Å². The first-order chi connectivity index (χ1) is 15.2. The molecule has 2 unspecified atom stereocenters. The Balaban J connectivity index is 1.23. The van der Waals surface area contributed by atoms with Crippen LogP contribution in [0.5, 0.6) is 0 Å². The van der Waals surface area contributed by atoms with Gasteiger partial charge in [0.1, 0.15) is 0 Å². The molecule has 2 atom stereocenters. The van der Waals surface area contributed by atoms with Crippen LogP contribution in [0, 0.1) is 16.7 Å². The lowest BCUT2D eigenvalue weighted by atomic mass is 9.66. The van der Waals surface area contributed by atoms with Crippen molar-refractivity contribution in [1.82, 2.24) is 24.7 Å². The zero-order valence-corrected chi connectivity index (χ0v) is 17.7. The molecule has 5 heterocycles. The van der Waals surface area contributed by atoms with Gasteiger partial charge in [0, 0.05) is 68.0 Å². The van der Waals surface area contributed by atoms with Crippen molar-refractivity contribution in [2.24, 2.45) is 5.41 Å². The lowest BCUT2D eigenvalue weighted by Crippen LogP contribution is -2.62. The van der Waals surface area contributed by atoms with E-state index in [0.717, 1.165) is 42.6 Å². The van der Waals surface area contributed by atoms with Gasteiger partial charge in [0.15, 0.2) is 0 Å². The molecular weight excluding hydrogens is 390 g/mol. The summed E-state index contributed by atoms with van der Waals surface area (Å²) in [6, 6.07) is 8.51. The molecule has 3 aromatic rings. The van der Waals surface area contributed by atoms with Crippen molar-refractivity contribution >= 4 is 11.2 Å². The van der Waals surface area contributed by atoms with Crippen LogP contribution in [0.2, 0.25) is 0 Å². The highest BCUT2D eigenvalue weighted by molar-refractivity contribution is 5.79. The van der Waals surface area contributed by atoms with Gasteiger partial charge in [0.2, 0.25) is 0 Å². The zero-order chi connectivity index (χ0) is 21.0. The van der Waals surface area contributed by atoms with Gasteiger partial charge in [-0.2, -0.15) is 15.5 Å². The fourth-order valence-corrected chi connectivity index (χ4v) is 6.13. The molecule has 2 bridgehead atoms. The molecule has 2 saturated heterocycles. The summed E-state index contributed by atoms with van der Waals surface area (Å²) in [6.45, 7) is 2.61. The summed E-state index contributed by atoms with van der Waals surface area (Å²) < 4.78 is 7.30. The van der Waals surface area contributed by atoms with Crippen molar-refractivity contribution in [3.8, 4) is 17.2 Å². The molecule has 2 aliphatic heterocycles. The topological polar surface area (TPSA) is 85.5 Å². The molecule has 0 spiro atoms. The van der Waals surface area contributed by atoms with Gasteiger partial charge in [-0.3, -0.25) is 10.00 Å². The number of hydrogen-bond donors (Lipinski definition) is 1. The normalized spacial score (nSPS) is 30.5. The molecule has 1 aliphatic carbocycles. The number of aromatic amines is 1. The Bertz CT molecular complexity index is 1110. The van der Waals surface area contributed by atoms with Crippen LogP contribution >= 0.6 is 0 Å². The van der Waals surface area contributed by atoms with Crippen LogP contribution in [0.15, 0.2) is 36.9 Å². The minimum absolute atomic E-state index is 0.275. The predicted octanol–water partition coefficient (Wildman–Crippen LogP) is 2.70. The van der Waals surface area contributed by atoms with Crippen molar-refractivity contribution in [3.05, 3.63) is 36.9 Å². The van der Waals surface area contributed by atoms with Crippen LogP contribution in [0.4, 0.5) is 5.69 Å². The SMILES string of the molecule is COCC1(C#N)CC(N2C3CCC2CN(c2ccnn4cc(-c5cn[nH]c5)cc24)C3)C1. The number of H-pyrrole nitrogens is 1. The molecule has 8 nitrogen and oxygen atoms in total. The Morgan fingerprint density at radius 1 is 1.23 bits per heavy atom. The molecule has 0 amide bonds. The molecule has 0 radical (unpaired) electrons. The average molecular weight is 418 g/mol. The molecule has 3 aliphatic rings. The summed E-state index contributed by atoms with van der Waals surface area (Å²) in [5.74, 6) is 0. The van der Waals surface area contributed by atoms with Gasteiger partial charge >= 0.3 is 0 Å². The third-order valence-corrected chi connectivity index (χ3v) is 7.53. The van der Waals surface area contributed by atoms with Crippen LogP contribution in [-0.4, -0.2) is 69.6 Å². The maximum absolute atomic E-state index is 9.62. The summed E-state index contributed by atoms with van der Waals surface area (Å²) >= 11 is 0. The number of methoxy groups -OCH3 is 1. The predicted molar refractivity (Wildman–Crippen MR) is 117 cm³/mol. The highest BCUT2D eigenvalue weighted by Crippen LogP contribution is 2.48. The van der Waals surface area contributed by atoms with Crippen LogP contribution in [-0.2, 0) is 4.74 Å². The van der Waals surface area contributed by atoms with E-state index in [1.807, 2.05) is 23.1 Å². The number of hydrogen-bond acceptors (Lipinski definition) is 6. The van der Waals surface area contributed by atoms with Gasteiger partial charge in [-0.05, 0) is 37.8 Å².